The molecule has 5 heteroatoms. The number of nitrogens with one attached hydrogen (secondary N) is 1. The number of nitrogens with zero attached hydrogens (tertiary/aromatic N) is 1. The van der Waals surface area contributed by atoms with Crippen LogP contribution < -0.4 is 5.32 Å². The molecular formula is C13H19FN2O2. The first-order valence-electron chi connectivity index (χ1n) is 5.84. The molecule has 0 fully saturated rings. The second-order valence-corrected chi connectivity index (χ2v) is 4.63. The van der Waals surface area contributed by atoms with E-state index in [1.54, 1.807) is 0 Å². The third kappa shape index (κ3) is 4.33. The van der Waals surface area contributed by atoms with Crippen LogP contribution in [0.3, 0.4) is 0 Å². The monoisotopic (exact) mass is 254 g/mol. The van der Waals surface area contributed by atoms with Gasteiger partial charge in [-0.1, -0.05) is 0 Å². The van der Waals surface area contributed by atoms with Gasteiger partial charge in [-0.2, -0.15) is 0 Å². The Balaban J connectivity index is 2.62. The number of benzene rings is 1. The van der Waals surface area contributed by atoms with Crippen LogP contribution in [0.5, 0.6) is 5.75 Å². The number of phenols is 1. The fourth-order valence-corrected chi connectivity index (χ4v) is 1.52. The first-order chi connectivity index (χ1) is 8.40. The van der Waals surface area contributed by atoms with Gasteiger partial charge in [0.25, 0.3) is 5.91 Å². The summed E-state index contributed by atoms with van der Waals surface area (Å²) in [6, 6.07) is 3.28. The minimum absolute atomic E-state index is 0.0355. The number of rotatable bonds is 5. The van der Waals surface area contributed by atoms with Crippen molar-refractivity contribution >= 4 is 5.91 Å². The third-order valence-corrected chi connectivity index (χ3v) is 2.59. The smallest absolute Gasteiger partial charge is 0.255 e. The van der Waals surface area contributed by atoms with Crippen molar-refractivity contribution in [3.05, 3.63) is 29.6 Å². The van der Waals surface area contributed by atoms with E-state index >= 15 is 0 Å². The van der Waals surface area contributed by atoms with Crippen molar-refractivity contribution in [2.45, 2.75) is 19.4 Å². The predicted molar refractivity (Wildman–Crippen MR) is 68.2 cm³/mol. The molecule has 2 N–H and O–H groups in total. The average molecular weight is 254 g/mol. The highest BCUT2D eigenvalue weighted by molar-refractivity contribution is 5.96. The van der Waals surface area contributed by atoms with E-state index in [0.717, 1.165) is 25.1 Å². The van der Waals surface area contributed by atoms with Crippen LogP contribution >= 0.6 is 0 Å². The van der Waals surface area contributed by atoms with Crippen molar-refractivity contribution in [2.24, 2.45) is 0 Å². The number of phenolic OH excluding ortho intramolecular Hbond substituents is 1. The summed E-state index contributed by atoms with van der Waals surface area (Å²) >= 11 is 0. The number of carbonyl (C=O) groups excluding carboxylic acids is 1. The zero-order valence-corrected chi connectivity index (χ0v) is 10.9. The maximum atomic E-state index is 13.0. The Morgan fingerprint density at radius 1 is 1.50 bits per heavy atom. The van der Waals surface area contributed by atoms with E-state index in [1.165, 1.54) is 6.07 Å². The second kappa shape index (κ2) is 6.35. The number of amides is 1. The Kier molecular flexibility index (Phi) is 5.09. The van der Waals surface area contributed by atoms with Crippen LogP contribution in [-0.2, 0) is 0 Å². The van der Waals surface area contributed by atoms with Crippen molar-refractivity contribution in [2.75, 3.05) is 20.6 Å². The first kappa shape index (κ1) is 14.4. The number of halogens is 1. The Bertz CT molecular complexity index is 421. The lowest BCUT2D eigenvalue weighted by molar-refractivity contribution is 0.0933. The lowest BCUT2D eigenvalue weighted by atomic mass is 10.1. The van der Waals surface area contributed by atoms with Gasteiger partial charge < -0.3 is 15.3 Å². The molecule has 1 aromatic rings. The molecule has 100 valence electrons. The quantitative estimate of drug-likeness (QED) is 0.839. The van der Waals surface area contributed by atoms with Crippen LogP contribution in [0, 0.1) is 5.82 Å². The summed E-state index contributed by atoms with van der Waals surface area (Å²) in [4.78, 5) is 13.8. The van der Waals surface area contributed by atoms with E-state index in [0.29, 0.717) is 0 Å². The molecule has 18 heavy (non-hydrogen) atoms. The SMILES string of the molecule is C[C@@H](CCN(C)C)NC(=O)c1cc(F)ccc1O. The molecule has 0 heterocycles. The fraction of sp³-hybridized carbons (Fsp3) is 0.462. The van der Waals surface area contributed by atoms with E-state index in [1.807, 2.05) is 25.9 Å². The van der Waals surface area contributed by atoms with E-state index in [4.69, 9.17) is 0 Å². The Hall–Kier alpha value is -1.62. The summed E-state index contributed by atoms with van der Waals surface area (Å²) in [5, 5.41) is 12.2. The minimum atomic E-state index is -0.543. The van der Waals surface area contributed by atoms with Gasteiger partial charge in [0.2, 0.25) is 0 Å². The summed E-state index contributed by atoms with van der Waals surface area (Å²) in [6.45, 7) is 2.72. The highest BCUT2D eigenvalue weighted by Gasteiger charge is 2.14. The summed E-state index contributed by atoms with van der Waals surface area (Å²) < 4.78 is 13.0. The Labute approximate surface area is 106 Å². The normalized spacial score (nSPS) is 12.5. The predicted octanol–water partition coefficient (Wildman–Crippen LogP) is 1.60. The molecule has 0 spiro atoms. The molecule has 0 saturated heterocycles. The van der Waals surface area contributed by atoms with Crippen molar-refractivity contribution in [3.8, 4) is 5.75 Å². The molecule has 0 aliphatic carbocycles. The molecule has 0 bridgehead atoms. The summed E-state index contributed by atoms with van der Waals surface area (Å²) in [5.41, 5.74) is -0.0355. The molecule has 0 aliphatic rings. The molecule has 0 unspecified atom stereocenters. The molecular weight excluding hydrogens is 235 g/mol. The van der Waals surface area contributed by atoms with Gasteiger partial charge in [0.15, 0.2) is 0 Å². The van der Waals surface area contributed by atoms with Crippen LogP contribution in [-0.4, -0.2) is 42.6 Å². The van der Waals surface area contributed by atoms with E-state index in [9.17, 15) is 14.3 Å². The number of carbonyl (C=O) groups is 1. The Morgan fingerprint density at radius 2 is 2.17 bits per heavy atom. The summed E-state index contributed by atoms with van der Waals surface area (Å²) in [5.74, 6) is -1.22. The maximum Gasteiger partial charge on any atom is 0.255 e. The fourth-order valence-electron chi connectivity index (χ4n) is 1.52. The van der Waals surface area contributed by atoms with Crippen LogP contribution in [0.1, 0.15) is 23.7 Å². The lowest BCUT2D eigenvalue weighted by Gasteiger charge is -2.17. The molecule has 0 aliphatic heterocycles. The molecule has 1 aromatic carbocycles. The molecule has 4 nitrogen and oxygen atoms in total. The van der Waals surface area contributed by atoms with E-state index in [2.05, 4.69) is 5.32 Å². The van der Waals surface area contributed by atoms with Crippen LogP contribution in [0.25, 0.3) is 0 Å². The highest BCUT2D eigenvalue weighted by atomic mass is 19.1. The van der Waals surface area contributed by atoms with Crippen molar-refractivity contribution < 1.29 is 14.3 Å². The zero-order chi connectivity index (χ0) is 13.7. The zero-order valence-electron chi connectivity index (χ0n) is 10.9. The maximum absolute atomic E-state index is 13.0. The van der Waals surface area contributed by atoms with Crippen molar-refractivity contribution in [1.82, 2.24) is 10.2 Å². The molecule has 1 amide bonds. The Morgan fingerprint density at radius 3 is 2.78 bits per heavy atom. The summed E-state index contributed by atoms with van der Waals surface area (Å²) in [7, 11) is 3.90. The number of hydrogen-bond acceptors (Lipinski definition) is 3. The molecule has 0 radical (unpaired) electrons. The van der Waals surface area contributed by atoms with Crippen molar-refractivity contribution in [3.63, 3.8) is 0 Å². The van der Waals surface area contributed by atoms with Gasteiger partial charge in [0, 0.05) is 6.04 Å². The van der Waals surface area contributed by atoms with E-state index < -0.39 is 11.7 Å². The lowest BCUT2D eigenvalue weighted by Crippen LogP contribution is -2.34. The highest BCUT2D eigenvalue weighted by Crippen LogP contribution is 2.17. The average Bonchev–Trinajstić information content (AvgIpc) is 2.29. The van der Waals surface area contributed by atoms with Gasteiger partial charge in [0.05, 0.1) is 5.56 Å². The first-order valence-corrected chi connectivity index (χ1v) is 5.84. The van der Waals surface area contributed by atoms with Crippen LogP contribution in [0.2, 0.25) is 0 Å². The van der Waals surface area contributed by atoms with Crippen LogP contribution in [0.4, 0.5) is 4.39 Å². The van der Waals surface area contributed by atoms with Gasteiger partial charge in [-0.05, 0) is 52.2 Å². The standard InChI is InChI=1S/C13H19FN2O2/c1-9(6-7-16(2)3)15-13(18)11-8-10(14)4-5-12(11)17/h4-5,8-9,17H,6-7H2,1-3H3,(H,15,18)/t9-/m0/s1. The van der Waals surface area contributed by atoms with Gasteiger partial charge in [-0.15, -0.1) is 0 Å². The minimum Gasteiger partial charge on any atom is -0.507 e. The summed E-state index contributed by atoms with van der Waals surface area (Å²) in [6.07, 6.45) is 0.787. The molecule has 1 atom stereocenters. The second-order valence-electron chi connectivity index (χ2n) is 4.63. The largest absolute Gasteiger partial charge is 0.507 e. The molecule has 0 aromatic heterocycles. The van der Waals surface area contributed by atoms with E-state index in [-0.39, 0.29) is 17.4 Å². The molecule has 0 saturated carbocycles. The van der Waals surface area contributed by atoms with Gasteiger partial charge in [-0.3, -0.25) is 4.79 Å². The third-order valence-electron chi connectivity index (χ3n) is 2.59. The van der Waals surface area contributed by atoms with Crippen molar-refractivity contribution in [1.29, 1.82) is 0 Å². The van der Waals surface area contributed by atoms with Crippen LogP contribution in [0.15, 0.2) is 18.2 Å². The van der Waals surface area contributed by atoms with Gasteiger partial charge >= 0.3 is 0 Å². The topological polar surface area (TPSA) is 52.6 Å². The van der Waals surface area contributed by atoms with Gasteiger partial charge in [-0.25, -0.2) is 4.39 Å². The van der Waals surface area contributed by atoms with Gasteiger partial charge in [0.1, 0.15) is 11.6 Å². The number of aromatic hydroxyl groups is 1. The molecule has 1 rings (SSSR count). The number of hydrogen-bond donors (Lipinski definition) is 2.